The Kier molecular flexibility index (Phi) is 4.15. The van der Waals surface area contributed by atoms with Gasteiger partial charge in [-0.15, -0.1) is 0 Å². The first kappa shape index (κ1) is 12.8. The predicted molar refractivity (Wildman–Crippen MR) is 71.2 cm³/mol. The minimum absolute atomic E-state index is 0.0705. The average molecular weight is 247 g/mol. The molecule has 2 heterocycles. The van der Waals surface area contributed by atoms with Crippen LogP contribution in [0.25, 0.3) is 0 Å². The molecule has 0 aromatic carbocycles. The van der Waals surface area contributed by atoms with Crippen molar-refractivity contribution in [1.29, 1.82) is 0 Å². The molecule has 0 aliphatic rings. The molecule has 0 fully saturated rings. The molecule has 0 aliphatic carbocycles. The molecule has 5 nitrogen and oxygen atoms in total. The SMILES string of the molecule is CCCNC(c1cn(C)cn1)c1nccn1CC. The van der Waals surface area contributed by atoms with Gasteiger partial charge in [-0.3, -0.25) is 0 Å². The summed E-state index contributed by atoms with van der Waals surface area (Å²) in [6.45, 7) is 6.17. The first-order valence-electron chi connectivity index (χ1n) is 6.48. The molecule has 1 unspecified atom stereocenters. The number of nitrogens with one attached hydrogen (secondary N) is 1. The molecule has 0 saturated heterocycles. The highest BCUT2D eigenvalue weighted by Gasteiger charge is 2.20. The largest absolute Gasteiger partial charge is 0.340 e. The van der Waals surface area contributed by atoms with Crippen molar-refractivity contribution in [1.82, 2.24) is 24.4 Å². The van der Waals surface area contributed by atoms with E-state index in [1.807, 2.05) is 36.5 Å². The lowest BCUT2D eigenvalue weighted by Gasteiger charge is -2.17. The van der Waals surface area contributed by atoms with Crippen molar-refractivity contribution in [2.75, 3.05) is 6.54 Å². The van der Waals surface area contributed by atoms with Gasteiger partial charge in [0.15, 0.2) is 0 Å². The molecule has 2 rings (SSSR count). The smallest absolute Gasteiger partial charge is 0.132 e. The number of aryl methyl sites for hydroxylation is 2. The molecule has 5 heteroatoms. The van der Waals surface area contributed by atoms with Crippen LogP contribution < -0.4 is 5.32 Å². The van der Waals surface area contributed by atoms with Gasteiger partial charge in [-0.25, -0.2) is 9.97 Å². The fraction of sp³-hybridized carbons (Fsp3) is 0.538. The van der Waals surface area contributed by atoms with Crippen LogP contribution in [0.1, 0.15) is 37.8 Å². The van der Waals surface area contributed by atoms with E-state index in [2.05, 4.69) is 33.7 Å². The van der Waals surface area contributed by atoms with Gasteiger partial charge in [0.2, 0.25) is 0 Å². The normalized spacial score (nSPS) is 12.8. The molecule has 2 aromatic rings. The molecule has 0 radical (unpaired) electrons. The van der Waals surface area contributed by atoms with Crippen LogP contribution in [-0.2, 0) is 13.6 Å². The third kappa shape index (κ3) is 2.61. The summed E-state index contributed by atoms with van der Waals surface area (Å²) in [5.74, 6) is 1.03. The zero-order valence-corrected chi connectivity index (χ0v) is 11.3. The second-order valence-corrected chi connectivity index (χ2v) is 4.42. The second kappa shape index (κ2) is 5.82. The quantitative estimate of drug-likeness (QED) is 0.845. The summed E-state index contributed by atoms with van der Waals surface area (Å²) >= 11 is 0. The van der Waals surface area contributed by atoms with Gasteiger partial charge in [-0.05, 0) is 19.9 Å². The molecule has 0 bridgehead atoms. The maximum Gasteiger partial charge on any atom is 0.132 e. The number of imidazole rings is 2. The summed E-state index contributed by atoms with van der Waals surface area (Å²) in [6, 6.07) is 0.0705. The molecule has 0 saturated carbocycles. The van der Waals surface area contributed by atoms with Gasteiger partial charge in [0.25, 0.3) is 0 Å². The molecule has 0 amide bonds. The molecule has 1 atom stereocenters. The van der Waals surface area contributed by atoms with Gasteiger partial charge in [0.1, 0.15) is 11.9 Å². The van der Waals surface area contributed by atoms with Gasteiger partial charge in [0, 0.05) is 32.2 Å². The molecule has 1 N–H and O–H groups in total. The van der Waals surface area contributed by atoms with Crippen molar-refractivity contribution in [2.24, 2.45) is 7.05 Å². The fourth-order valence-electron chi connectivity index (χ4n) is 2.05. The third-order valence-corrected chi connectivity index (χ3v) is 2.97. The minimum Gasteiger partial charge on any atom is -0.340 e. The van der Waals surface area contributed by atoms with E-state index in [1.165, 1.54) is 0 Å². The summed E-state index contributed by atoms with van der Waals surface area (Å²) < 4.78 is 4.12. The van der Waals surface area contributed by atoms with Gasteiger partial charge >= 0.3 is 0 Å². The standard InChI is InChI=1S/C13H21N5/c1-4-6-14-12(11-9-17(3)10-16-11)13-15-7-8-18(13)5-2/h7-10,12,14H,4-6H2,1-3H3. The van der Waals surface area contributed by atoms with Crippen LogP contribution >= 0.6 is 0 Å². The Morgan fingerprint density at radius 3 is 2.78 bits per heavy atom. The van der Waals surface area contributed by atoms with E-state index in [9.17, 15) is 0 Å². The number of hydrogen-bond acceptors (Lipinski definition) is 3. The Hall–Kier alpha value is -1.62. The number of hydrogen-bond donors (Lipinski definition) is 1. The minimum atomic E-state index is 0.0705. The van der Waals surface area contributed by atoms with E-state index in [1.54, 1.807) is 0 Å². The Morgan fingerprint density at radius 2 is 2.17 bits per heavy atom. The number of nitrogens with zero attached hydrogens (tertiary/aromatic N) is 4. The summed E-state index contributed by atoms with van der Waals surface area (Å²) in [5.41, 5.74) is 1.02. The average Bonchev–Trinajstić information content (AvgIpc) is 2.99. The Morgan fingerprint density at radius 1 is 1.33 bits per heavy atom. The van der Waals surface area contributed by atoms with Crippen LogP contribution in [0.5, 0.6) is 0 Å². The van der Waals surface area contributed by atoms with E-state index in [-0.39, 0.29) is 6.04 Å². The molecular formula is C13H21N5. The molecule has 98 valence electrons. The first-order chi connectivity index (χ1) is 8.76. The molecule has 0 aliphatic heterocycles. The van der Waals surface area contributed by atoms with E-state index in [0.29, 0.717) is 0 Å². The van der Waals surface area contributed by atoms with Crippen molar-refractivity contribution in [3.63, 3.8) is 0 Å². The van der Waals surface area contributed by atoms with Crippen LogP contribution in [0.4, 0.5) is 0 Å². The van der Waals surface area contributed by atoms with Crippen molar-refractivity contribution < 1.29 is 0 Å². The highest BCUT2D eigenvalue weighted by Crippen LogP contribution is 2.19. The van der Waals surface area contributed by atoms with Gasteiger partial charge in [-0.1, -0.05) is 6.92 Å². The summed E-state index contributed by atoms with van der Waals surface area (Å²) in [7, 11) is 1.99. The van der Waals surface area contributed by atoms with E-state index in [0.717, 1.165) is 31.0 Å². The highest BCUT2D eigenvalue weighted by molar-refractivity contribution is 5.16. The first-order valence-corrected chi connectivity index (χ1v) is 6.48. The van der Waals surface area contributed by atoms with E-state index < -0.39 is 0 Å². The topological polar surface area (TPSA) is 47.7 Å². The molecular weight excluding hydrogens is 226 g/mol. The van der Waals surface area contributed by atoms with Crippen LogP contribution in [0.2, 0.25) is 0 Å². The Labute approximate surface area is 108 Å². The van der Waals surface area contributed by atoms with Crippen molar-refractivity contribution >= 4 is 0 Å². The summed E-state index contributed by atoms with van der Waals surface area (Å²) in [4.78, 5) is 8.92. The summed E-state index contributed by atoms with van der Waals surface area (Å²) in [5, 5.41) is 3.52. The third-order valence-electron chi connectivity index (χ3n) is 2.97. The molecule has 0 spiro atoms. The number of rotatable bonds is 6. The zero-order chi connectivity index (χ0) is 13.0. The van der Waals surface area contributed by atoms with Gasteiger partial charge < -0.3 is 14.5 Å². The maximum absolute atomic E-state index is 4.48. The lowest BCUT2D eigenvalue weighted by molar-refractivity contribution is 0.533. The van der Waals surface area contributed by atoms with Crippen molar-refractivity contribution in [3.05, 3.63) is 36.4 Å². The number of aromatic nitrogens is 4. The zero-order valence-electron chi connectivity index (χ0n) is 11.3. The van der Waals surface area contributed by atoms with Crippen LogP contribution in [-0.4, -0.2) is 25.6 Å². The van der Waals surface area contributed by atoms with Crippen LogP contribution in [0.15, 0.2) is 24.9 Å². The van der Waals surface area contributed by atoms with Crippen LogP contribution in [0, 0.1) is 0 Å². The Balaban J connectivity index is 2.30. The van der Waals surface area contributed by atoms with Crippen LogP contribution in [0.3, 0.4) is 0 Å². The second-order valence-electron chi connectivity index (χ2n) is 4.42. The van der Waals surface area contributed by atoms with Gasteiger partial charge in [-0.2, -0.15) is 0 Å². The van der Waals surface area contributed by atoms with E-state index in [4.69, 9.17) is 0 Å². The monoisotopic (exact) mass is 247 g/mol. The maximum atomic E-state index is 4.48. The molecule has 18 heavy (non-hydrogen) atoms. The molecule has 2 aromatic heterocycles. The summed E-state index contributed by atoms with van der Waals surface area (Å²) in [6.07, 6.45) is 8.83. The predicted octanol–water partition coefficient (Wildman–Crippen LogP) is 1.73. The van der Waals surface area contributed by atoms with Gasteiger partial charge in [0.05, 0.1) is 12.0 Å². The fourth-order valence-corrected chi connectivity index (χ4v) is 2.05. The lowest BCUT2D eigenvalue weighted by atomic mass is 10.2. The highest BCUT2D eigenvalue weighted by atomic mass is 15.1. The van der Waals surface area contributed by atoms with E-state index >= 15 is 0 Å². The Bertz CT molecular complexity index is 485. The van der Waals surface area contributed by atoms with Crippen molar-refractivity contribution in [2.45, 2.75) is 32.9 Å². The van der Waals surface area contributed by atoms with Crippen molar-refractivity contribution in [3.8, 4) is 0 Å². The lowest BCUT2D eigenvalue weighted by Crippen LogP contribution is -2.26.